The minimum Gasteiger partial charge on any atom is -0.237 e. The van der Waals surface area contributed by atoms with Crippen LogP contribution < -0.4 is 0 Å². The number of benzene rings is 2. The van der Waals surface area contributed by atoms with Gasteiger partial charge in [-0.3, -0.25) is 0 Å². The van der Waals surface area contributed by atoms with E-state index in [2.05, 4.69) is 0 Å². The summed E-state index contributed by atoms with van der Waals surface area (Å²) in [6, 6.07) is 9.56. The molecular formula is C14H10F3NO2S. The molecule has 7 heteroatoms. The van der Waals surface area contributed by atoms with Gasteiger partial charge >= 0.3 is 6.18 Å². The van der Waals surface area contributed by atoms with E-state index in [1.165, 1.54) is 6.07 Å². The molecule has 0 atom stereocenters. The molecule has 3 nitrogen and oxygen atoms in total. The predicted molar refractivity (Wildman–Crippen MR) is 74.7 cm³/mol. The lowest BCUT2D eigenvalue weighted by atomic mass is 10.1. The van der Waals surface area contributed by atoms with Crippen LogP contribution in [0.5, 0.6) is 0 Å². The van der Waals surface area contributed by atoms with E-state index in [4.69, 9.17) is 0 Å². The molecule has 110 valence electrons. The molecule has 21 heavy (non-hydrogen) atoms. The van der Waals surface area contributed by atoms with Crippen LogP contribution in [0, 0.1) is 0 Å². The summed E-state index contributed by atoms with van der Waals surface area (Å²) < 4.78 is 63.5. The molecule has 0 amide bonds. The highest BCUT2D eigenvalue weighted by Crippen LogP contribution is 2.36. The first-order chi connectivity index (χ1) is 9.69. The molecule has 0 aliphatic carbocycles. The minimum absolute atomic E-state index is 0.242. The second-order valence-electron chi connectivity index (χ2n) is 4.77. The molecule has 0 fully saturated rings. The molecule has 0 radical (unpaired) electrons. The molecule has 1 heterocycles. The summed E-state index contributed by atoms with van der Waals surface area (Å²) in [5, 5.41) is 0.745. The zero-order chi connectivity index (χ0) is 15.4. The summed E-state index contributed by atoms with van der Waals surface area (Å²) in [5.41, 5.74) is -0.188. The third-order valence-electron chi connectivity index (χ3n) is 3.29. The van der Waals surface area contributed by atoms with E-state index in [9.17, 15) is 21.6 Å². The van der Waals surface area contributed by atoms with E-state index in [1.54, 1.807) is 24.3 Å². The second-order valence-corrected chi connectivity index (χ2v) is 6.61. The number of aromatic nitrogens is 1. The molecule has 0 saturated heterocycles. The van der Waals surface area contributed by atoms with Gasteiger partial charge in [-0.05, 0) is 24.3 Å². The molecular weight excluding hydrogens is 303 g/mol. The van der Waals surface area contributed by atoms with Crippen molar-refractivity contribution in [3.05, 3.63) is 48.0 Å². The van der Waals surface area contributed by atoms with E-state index in [0.717, 1.165) is 22.4 Å². The summed E-state index contributed by atoms with van der Waals surface area (Å²) in [5.74, 6) is 0. The average Bonchev–Trinajstić information content (AvgIpc) is 2.70. The lowest BCUT2D eigenvalue weighted by molar-refractivity contribution is -0.137. The maximum atomic E-state index is 12.8. The first-order valence-corrected chi connectivity index (χ1v) is 7.85. The first kappa shape index (κ1) is 13.9. The Kier molecular flexibility index (Phi) is 2.81. The Morgan fingerprint density at radius 3 is 2.19 bits per heavy atom. The lowest BCUT2D eigenvalue weighted by Crippen LogP contribution is -2.09. The number of halogens is 3. The third-order valence-corrected chi connectivity index (χ3v) is 4.34. The normalized spacial score (nSPS) is 13.1. The number of para-hydroxylation sites is 1. The van der Waals surface area contributed by atoms with E-state index < -0.39 is 21.8 Å². The number of rotatable bonds is 1. The van der Waals surface area contributed by atoms with Crippen LogP contribution in [0.25, 0.3) is 21.8 Å². The van der Waals surface area contributed by atoms with E-state index >= 15 is 0 Å². The molecule has 0 unspecified atom stereocenters. The van der Waals surface area contributed by atoms with Crippen molar-refractivity contribution >= 4 is 31.8 Å². The molecule has 0 N–H and O–H groups in total. The Balaban J connectivity index is 2.53. The van der Waals surface area contributed by atoms with Gasteiger partial charge in [-0.25, -0.2) is 12.4 Å². The Bertz CT molecular complexity index is 955. The molecule has 0 spiro atoms. The highest BCUT2D eigenvalue weighted by atomic mass is 32.2. The van der Waals surface area contributed by atoms with Gasteiger partial charge < -0.3 is 0 Å². The zero-order valence-electron chi connectivity index (χ0n) is 10.8. The van der Waals surface area contributed by atoms with Crippen LogP contribution in [-0.4, -0.2) is 18.6 Å². The second kappa shape index (κ2) is 4.24. The van der Waals surface area contributed by atoms with Crippen LogP contribution in [0.1, 0.15) is 5.56 Å². The van der Waals surface area contributed by atoms with Crippen molar-refractivity contribution in [2.24, 2.45) is 0 Å². The summed E-state index contributed by atoms with van der Waals surface area (Å²) >= 11 is 0. The quantitative estimate of drug-likeness (QED) is 0.688. The average molecular weight is 313 g/mol. The maximum absolute atomic E-state index is 12.8. The fourth-order valence-electron chi connectivity index (χ4n) is 2.47. The Morgan fingerprint density at radius 1 is 0.952 bits per heavy atom. The number of nitrogens with zero attached hydrogens (tertiary/aromatic N) is 1. The first-order valence-electron chi connectivity index (χ1n) is 6.00. The van der Waals surface area contributed by atoms with Crippen molar-refractivity contribution in [2.75, 3.05) is 6.26 Å². The van der Waals surface area contributed by atoms with Crippen LogP contribution in [0.4, 0.5) is 13.2 Å². The van der Waals surface area contributed by atoms with Crippen LogP contribution in [0.2, 0.25) is 0 Å². The Hall–Kier alpha value is -2.02. The topological polar surface area (TPSA) is 39.1 Å². The number of alkyl halides is 3. The van der Waals surface area contributed by atoms with Crippen molar-refractivity contribution in [1.82, 2.24) is 3.97 Å². The van der Waals surface area contributed by atoms with Crippen LogP contribution in [-0.2, 0) is 16.2 Å². The van der Waals surface area contributed by atoms with Gasteiger partial charge in [0.15, 0.2) is 0 Å². The molecule has 2 aromatic carbocycles. The van der Waals surface area contributed by atoms with Crippen LogP contribution >= 0.6 is 0 Å². The Morgan fingerprint density at radius 2 is 1.57 bits per heavy atom. The fraction of sp³-hybridized carbons (Fsp3) is 0.143. The maximum Gasteiger partial charge on any atom is 0.416 e. The van der Waals surface area contributed by atoms with Crippen molar-refractivity contribution in [2.45, 2.75) is 6.18 Å². The minimum atomic E-state index is -4.47. The lowest BCUT2D eigenvalue weighted by Gasteiger charge is -2.07. The van der Waals surface area contributed by atoms with Crippen LogP contribution in [0.3, 0.4) is 0 Å². The smallest absolute Gasteiger partial charge is 0.237 e. The van der Waals surface area contributed by atoms with Crippen LogP contribution in [0.15, 0.2) is 42.5 Å². The van der Waals surface area contributed by atoms with Gasteiger partial charge in [-0.2, -0.15) is 13.2 Å². The van der Waals surface area contributed by atoms with Crippen molar-refractivity contribution in [3.8, 4) is 0 Å². The molecule has 3 aromatic rings. The fourth-order valence-corrected chi connectivity index (χ4v) is 3.50. The van der Waals surface area contributed by atoms with Gasteiger partial charge in [0, 0.05) is 10.8 Å². The number of hydrogen-bond acceptors (Lipinski definition) is 2. The molecule has 0 aliphatic heterocycles. The van der Waals surface area contributed by atoms with Crippen molar-refractivity contribution in [1.29, 1.82) is 0 Å². The van der Waals surface area contributed by atoms with E-state index in [0.29, 0.717) is 10.9 Å². The number of fused-ring (bicyclic) bond motifs is 3. The number of hydrogen-bond donors (Lipinski definition) is 0. The van der Waals surface area contributed by atoms with Gasteiger partial charge in [0.2, 0.25) is 10.0 Å². The summed E-state index contributed by atoms with van der Waals surface area (Å²) in [6.45, 7) is 0. The summed E-state index contributed by atoms with van der Waals surface area (Å²) in [4.78, 5) is 0. The predicted octanol–water partition coefficient (Wildman–Crippen LogP) is 3.62. The summed E-state index contributed by atoms with van der Waals surface area (Å²) in [6.07, 6.45) is -3.45. The summed E-state index contributed by atoms with van der Waals surface area (Å²) in [7, 11) is -3.63. The van der Waals surface area contributed by atoms with Crippen molar-refractivity contribution in [3.63, 3.8) is 0 Å². The monoisotopic (exact) mass is 313 g/mol. The molecule has 0 aliphatic rings. The highest BCUT2D eigenvalue weighted by Gasteiger charge is 2.31. The molecule has 0 saturated carbocycles. The van der Waals surface area contributed by atoms with Gasteiger partial charge in [-0.15, -0.1) is 0 Å². The van der Waals surface area contributed by atoms with Crippen molar-refractivity contribution < 1.29 is 21.6 Å². The molecule has 3 rings (SSSR count). The molecule has 0 bridgehead atoms. The SMILES string of the molecule is CS(=O)(=O)n1c2ccccc2c2cc(C(F)(F)F)ccc21. The Labute approximate surface area is 118 Å². The largest absolute Gasteiger partial charge is 0.416 e. The standard InChI is InChI=1S/C14H10F3NO2S/c1-21(19,20)18-12-5-3-2-4-10(12)11-8-9(14(15,16)17)6-7-13(11)18/h2-8H,1H3. The third kappa shape index (κ3) is 2.17. The highest BCUT2D eigenvalue weighted by molar-refractivity contribution is 7.89. The molecule has 1 aromatic heterocycles. The van der Waals surface area contributed by atoms with Gasteiger partial charge in [0.25, 0.3) is 0 Å². The zero-order valence-corrected chi connectivity index (χ0v) is 11.7. The van der Waals surface area contributed by atoms with E-state index in [-0.39, 0.29) is 10.9 Å². The van der Waals surface area contributed by atoms with Gasteiger partial charge in [-0.1, -0.05) is 18.2 Å². The van der Waals surface area contributed by atoms with Gasteiger partial charge in [0.1, 0.15) is 0 Å². The van der Waals surface area contributed by atoms with E-state index in [1.807, 2.05) is 0 Å². The van der Waals surface area contributed by atoms with Gasteiger partial charge in [0.05, 0.1) is 22.9 Å².